The van der Waals surface area contributed by atoms with Crippen LogP contribution in [0.25, 0.3) is 11.1 Å². The van der Waals surface area contributed by atoms with Crippen molar-refractivity contribution in [2.45, 2.75) is 97.2 Å². The maximum Gasteiger partial charge on any atom is 0.251 e. The van der Waals surface area contributed by atoms with Gasteiger partial charge in [0, 0.05) is 61.0 Å². The number of carbonyl (C=O) groups excluding carboxylic acids is 2. The smallest absolute Gasteiger partial charge is 0.251 e. The molecule has 2 aromatic carbocycles. The standard InChI is InChI=1S/C41H61N5O6/c1-9-45-15-11-13-30(45)21-42-39(49)28-16-27(17-31(18-28)44(6)7)32-14-10-12-26(38(32)51-8)22-46-37(36(25(3)48)35(23-47)52-46)40(50)43-34-20-29-19-33(24(34)2)41(29,4)5/h10,12,14,16-18,24-25,29-30,33-37,47-48H,9,11,13,15,19-23H2,1-8H3,(H,42,49)(H,43,50)/t24-,25-,29+,30-,33-,34-,35-,36+,37?/m0/s1. The Morgan fingerprint density at radius 3 is 2.58 bits per heavy atom. The van der Waals surface area contributed by atoms with Gasteiger partial charge in [-0.15, -0.1) is 0 Å². The Balaban J connectivity index is 1.27. The largest absolute Gasteiger partial charge is 0.496 e. The predicted octanol–water partition coefficient (Wildman–Crippen LogP) is 4.30. The molecule has 2 saturated heterocycles. The van der Waals surface area contributed by atoms with Crippen molar-refractivity contribution in [2.24, 2.45) is 29.1 Å². The number of hydrogen-bond acceptors (Lipinski definition) is 9. The summed E-state index contributed by atoms with van der Waals surface area (Å²) in [6, 6.07) is 11.3. The summed E-state index contributed by atoms with van der Waals surface area (Å²) in [5.74, 6) is 1.15. The van der Waals surface area contributed by atoms with E-state index in [1.165, 1.54) is 6.42 Å². The molecule has 11 nitrogen and oxygen atoms in total. The minimum atomic E-state index is -0.890. The minimum absolute atomic E-state index is 0.0472. The van der Waals surface area contributed by atoms with Crippen molar-refractivity contribution in [2.75, 3.05) is 52.3 Å². The summed E-state index contributed by atoms with van der Waals surface area (Å²) in [6.07, 6.45) is 2.75. The molecular formula is C41H61N5O6. The zero-order valence-corrected chi connectivity index (χ0v) is 32.4. The molecule has 3 aliphatic carbocycles. The number of nitrogens with zero attached hydrogens (tertiary/aromatic N) is 3. The van der Waals surface area contributed by atoms with Gasteiger partial charge in [-0.25, -0.2) is 0 Å². The Labute approximate surface area is 310 Å². The van der Waals surface area contributed by atoms with Crippen molar-refractivity contribution >= 4 is 17.5 Å². The molecule has 2 aliphatic heterocycles. The first-order valence-electron chi connectivity index (χ1n) is 19.3. The van der Waals surface area contributed by atoms with Crippen molar-refractivity contribution in [1.82, 2.24) is 20.6 Å². The molecule has 1 unspecified atom stereocenters. The monoisotopic (exact) mass is 719 g/mol. The van der Waals surface area contributed by atoms with Crippen LogP contribution < -0.4 is 20.3 Å². The van der Waals surface area contributed by atoms with E-state index in [0.717, 1.165) is 54.7 Å². The van der Waals surface area contributed by atoms with Crippen LogP contribution in [0.3, 0.4) is 0 Å². The van der Waals surface area contributed by atoms with E-state index in [2.05, 4.69) is 43.2 Å². The van der Waals surface area contributed by atoms with Crippen molar-refractivity contribution < 1.29 is 29.4 Å². The first-order valence-corrected chi connectivity index (χ1v) is 19.3. The minimum Gasteiger partial charge on any atom is -0.496 e. The number of fused-ring (bicyclic) bond motifs is 2. The highest BCUT2D eigenvalue weighted by molar-refractivity contribution is 5.97. The van der Waals surface area contributed by atoms with Gasteiger partial charge in [0.15, 0.2) is 0 Å². The lowest BCUT2D eigenvalue weighted by Crippen LogP contribution is -2.62. The second kappa shape index (κ2) is 15.6. The Kier molecular flexibility index (Phi) is 11.6. The van der Waals surface area contributed by atoms with Gasteiger partial charge in [0.05, 0.1) is 26.4 Å². The highest BCUT2D eigenvalue weighted by atomic mass is 16.7. The fraction of sp³-hybridized carbons (Fsp3) is 0.659. The summed E-state index contributed by atoms with van der Waals surface area (Å²) in [4.78, 5) is 38.5. The first-order chi connectivity index (χ1) is 24.8. The highest BCUT2D eigenvalue weighted by Gasteiger charge is 2.57. The number of likely N-dealkylation sites (tertiary alicyclic amines) is 1. The van der Waals surface area contributed by atoms with Gasteiger partial charge >= 0.3 is 0 Å². The lowest BCUT2D eigenvalue weighted by molar-refractivity contribution is -0.183. The van der Waals surface area contributed by atoms with Crippen LogP contribution in [0.1, 0.15) is 76.2 Å². The number of carbonyl (C=O) groups is 2. The summed E-state index contributed by atoms with van der Waals surface area (Å²) in [7, 11) is 5.53. The second-order valence-electron chi connectivity index (χ2n) is 16.5. The first kappa shape index (κ1) is 38.5. The second-order valence-corrected chi connectivity index (χ2v) is 16.5. The van der Waals surface area contributed by atoms with Crippen molar-refractivity contribution in [3.8, 4) is 16.9 Å². The molecule has 5 fully saturated rings. The number of hydrogen-bond donors (Lipinski definition) is 4. The zero-order valence-electron chi connectivity index (χ0n) is 32.4. The third-order valence-electron chi connectivity index (χ3n) is 13.1. The van der Waals surface area contributed by atoms with Gasteiger partial charge in [-0.3, -0.25) is 19.3 Å². The van der Waals surface area contributed by atoms with E-state index in [0.29, 0.717) is 41.7 Å². The molecule has 52 heavy (non-hydrogen) atoms. The number of benzene rings is 2. The Bertz CT molecular complexity index is 1600. The summed E-state index contributed by atoms with van der Waals surface area (Å²) >= 11 is 0. The van der Waals surface area contributed by atoms with Crippen LogP contribution in [0.2, 0.25) is 0 Å². The Morgan fingerprint density at radius 1 is 1.17 bits per heavy atom. The average molecular weight is 720 g/mol. The number of aliphatic hydroxyl groups is 2. The molecule has 4 N–H and O–H groups in total. The summed E-state index contributed by atoms with van der Waals surface area (Å²) < 4.78 is 6.07. The van der Waals surface area contributed by atoms with Crippen LogP contribution in [-0.2, 0) is 16.2 Å². The summed E-state index contributed by atoms with van der Waals surface area (Å²) in [5, 5.41) is 29.4. The van der Waals surface area contributed by atoms with Crippen LogP contribution in [0.5, 0.6) is 5.75 Å². The number of ether oxygens (including phenoxy) is 1. The number of amides is 2. The van der Waals surface area contributed by atoms with Crippen LogP contribution >= 0.6 is 0 Å². The molecule has 2 heterocycles. The van der Waals surface area contributed by atoms with Crippen LogP contribution in [0.15, 0.2) is 36.4 Å². The van der Waals surface area contributed by atoms with E-state index in [-0.39, 0.29) is 36.4 Å². The van der Waals surface area contributed by atoms with E-state index in [9.17, 15) is 19.8 Å². The number of anilines is 1. The molecule has 2 amide bonds. The third-order valence-corrected chi connectivity index (χ3v) is 13.1. The zero-order chi connectivity index (χ0) is 37.5. The van der Waals surface area contributed by atoms with E-state index in [1.807, 2.05) is 55.4 Å². The lowest BCUT2D eigenvalue weighted by atomic mass is 9.45. The number of aliphatic hydroxyl groups excluding tert-OH is 2. The predicted molar refractivity (Wildman–Crippen MR) is 203 cm³/mol. The number of para-hydroxylation sites is 1. The molecule has 2 bridgehead atoms. The van der Waals surface area contributed by atoms with E-state index >= 15 is 0 Å². The molecule has 0 spiro atoms. The number of methoxy groups -OCH3 is 1. The van der Waals surface area contributed by atoms with Gasteiger partial charge in [0.2, 0.25) is 5.91 Å². The number of hydroxylamine groups is 2. The quantitative estimate of drug-likeness (QED) is 0.240. The van der Waals surface area contributed by atoms with Crippen molar-refractivity contribution in [3.63, 3.8) is 0 Å². The van der Waals surface area contributed by atoms with Gasteiger partial charge in [-0.2, -0.15) is 5.06 Å². The topological polar surface area (TPSA) is 127 Å². The molecule has 3 saturated carbocycles. The van der Waals surface area contributed by atoms with E-state index in [4.69, 9.17) is 9.57 Å². The van der Waals surface area contributed by atoms with E-state index in [1.54, 1.807) is 19.1 Å². The molecule has 0 radical (unpaired) electrons. The van der Waals surface area contributed by atoms with Crippen LogP contribution in [0, 0.1) is 29.1 Å². The molecular weight excluding hydrogens is 658 g/mol. The number of nitrogens with one attached hydrogen (secondary N) is 2. The van der Waals surface area contributed by atoms with Crippen LogP contribution in [0.4, 0.5) is 5.69 Å². The van der Waals surface area contributed by atoms with Gasteiger partial charge in [0.25, 0.3) is 5.91 Å². The summed E-state index contributed by atoms with van der Waals surface area (Å²) in [5.41, 5.74) is 4.14. The molecule has 9 atom stereocenters. The Morgan fingerprint density at radius 2 is 1.94 bits per heavy atom. The molecule has 286 valence electrons. The normalized spacial score (nSPS) is 30.4. The van der Waals surface area contributed by atoms with Crippen LogP contribution in [-0.4, -0.2) is 110 Å². The highest BCUT2D eigenvalue weighted by Crippen LogP contribution is 2.61. The van der Waals surface area contributed by atoms with Crippen molar-refractivity contribution in [1.29, 1.82) is 0 Å². The fourth-order valence-electron chi connectivity index (χ4n) is 9.84. The lowest BCUT2D eigenvalue weighted by Gasteiger charge is -2.62. The SMILES string of the molecule is CCN1CCC[C@H]1CNC(=O)c1cc(-c2cccc(CN3O[C@@H](CO)[C@@H]([C@H](C)O)C3C(=O)N[C@H]3C[C@H]4C[C@@H]([C@@H]3C)C4(C)C)c2OC)cc(N(C)C)c1. The summed E-state index contributed by atoms with van der Waals surface area (Å²) in [6.45, 7) is 13.3. The fourth-order valence-corrected chi connectivity index (χ4v) is 9.84. The van der Waals surface area contributed by atoms with E-state index < -0.39 is 24.2 Å². The van der Waals surface area contributed by atoms with Gasteiger partial charge in [-0.1, -0.05) is 45.9 Å². The molecule has 0 aromatic heterocycles. The molecule has 5 aliphatic rings. The molecule has 7 rings (SSSR count). The average Bonchev–Trinajstić information content (AvgIpc) is 3.75. The van der Waals surface area contributed by atoms with Gasteiger partial charge in [-0.05, 0) is 92.6 Å². The molecule has 11 heteroatoms. The molecule has 2 aromatic rings. The van der Waals surface area contributed by atoms with Gasteiger partial charge in [0.1, 0.15) is 17.9 Å². The maximum atomic E-state index is 14.2. The van der Waals surface area contributed by atoms with Crippen molar-refractivity contribution in [3.05, 3.63) is 47.5 Å². The third kappa shape index (κ3) is 7.31. The number of likely N-dealkylation sites (N-methyl/N-ethyl adjacent to an activating group) is 1. The Hall–Kier alpha value is -3.22. The maximum absolute atomic E-state index is 14.2. The van der Waals surface area contributed by atoms with Gasteiger partial charge < -0.3 is 30.5 Å². The number of rotatable bonds is 13.